The molecule has 0 aliphatic heterocycles. The van der Waals surface area contributed by atoms with Crippen molar-refractivity contribution < 1.29 is 9.90 Å². The van der Waals surface area contributed by atoms with Crippen LogP contribution in [0.5, 0.6) is 0 Å². The van der Waals surface area contributed by atoms with Crippen LogP contribution in [0, 0.1) is 17.3 Å². The van der Waals surface area contributed by atoms with Crippen LogP contribution in [0.15, 0.2) is 0 Å². The van der Waals surface area contributed by atoms with Gasteiger partial charge in [-0.3, -0.25) is 9.69 Å². The molecule has 0 saturated heterocycles. The fourth-order valence-electron chi connectivity index (χ4n) is 3.54. The average molecular weight is 255 g/mol. The van der Waals surface area contributed by atoms with E-state index >= 15 is 0 Å². The van der Waals surface area contributed by atoms with E-state index in [0.29, 0.717) is 18.0 Å². The van der Waals surface area contributed by atoms with Crippen molar-refractivity contribution in [3.8, 4) is 0 Å². The van der Waals surface area contributed by atoms with Gasteiger partial charge in [0, 0.05) is 12.6 Å². The Balaban J connectivity index is 2.66. The molecule has 1 aliphatic rings. The average Bonchev–Trinajstić information content (AvgIpc) is 2.22. The van der Waals surface area contributed by atoms with Crippen LogP contribution in [0.2, 0.25) is 0 Å². The highest BCUT2D eigenvalue weighted by molar-refractivity contribution is 5.69. The summed E-state index contributed by atoms with van der Waals surface area (Å²) in [6, 6.07) is 0.551. The molecule has 0 aromatic heterocycles. The standard InChI is InChI=1S/C15H29NO2/c1-6-16(10-12(3)14(17)18)13-7-11(2)8-15(4,5)9-13/h11-13H,6-10H2,1-5H3,(H,17,18). The molecule has 1 N–H and O–H groups in total. The Bertz CT molecular complexity index is 288. The molecular formula is C15H29NO2. The zero-order valence-corrected chi connectivity index (χ0v) is 12.6. The van der Waals surface area contributed by atoms with E-state index in [1.165, 1.54) is 19.3 Å². The van der Waals surface area contributed by atoms with Crippen molar-refractivity contribution in [2.75, 3.05) is 13.1 Å². The second-order valence-corrected chi connectivity index (χ2v) is 6.89. The van der Waals surface area contributed by atoms with E-state index in [1.807, 2.05) is 6.92 Å². The molecule has 106 valence electrons. The Morgan fingerprint density at radius 1 is 1.44 bits per heavy atom. The van der Waals surface area contributed by atoms with Crippen LogP contribution in [0.3, 0.4) is 0 Å². The number of aliphatic carboxylic acids is 1. The van der Waals surface area contributed by atoms with Gasteiger partial charge < -0.3 is 5.11 Å². The van der Waals surface area contributed by atoms with Crippen LogP contribution < -0.4 is 0 Å². The number of carboxylic acids is 1. The predicted molar refractivity (Wildman–Crippen MR) is 74.6 cm³/mol. The first-order valence-electron chi connectivity index (χ1n) is 7.22. The van der Waals surface area contributed by atoms with E-state index in [0.717, 1.165) is 12.5 Å². The third kappa shape index (κ3) is 4.27. The van der Waals surface area contributed by atoms with Crippen molar-refractivity contribution in [3.05, 3.63) is 0 Å². The van der Waals surface area contributed by atoms with Crippen LogP contribution in [0.1, 0.15) is 53.9 Å². The molecule has 3 nitrogen and oxygen atoms in total. The SMILES string of the molecule is CCN(CC(C)C(=O)O)C1CC(C)CC(C)(C)C1. The van der Waals surface area contributed by atoms with Crippen LogP contribution in [0.4, 0.5) is 0 Å². The zero-order valence-electron chi connectivity index (χ0n) is 12.6. The van der Waals surface area contributed by atoms with Crippen LogP contribution in [-0.4, -0.2) is 35.1 Å². The van der Waals surface area contributed by atoms with Gasteiger partial charge in [0.15, 0.2) is 0 Å². The molecule has 0 bridgehead atoms. The monoisotopic (exact) mass is 255 g/mol. The van der Waals surface area contributed by atoms with Gasteiger partial charge in [-0.15, -0.1) is 0 Å². The fraction of sp³-hybridized carbons (Fsp3) is 0.933. The molecule has 1 rings (SSSR count). The van der Waals surface area contributed by atoms with Crippen molar-refractivity contribution in [2.24, 2.45) is 17.3 Å². The maximum atomic E-state index is 11.0. The second-order valence-electron chi connectivity index (χ2n) is 6.89. The molecule has 0 radical (unpaired) electrons. The summed E-state index contributed by atoms with van der Waals surface area (Å²) in [5.41, 5.74) is 0.391. The lowest BCUT2D eigenvalue weighted by molar-refractivity contribution is -0.142. The Kier molecular flexibility index (Phi) is 5.20. The molecule has 1 aliphatic carbocycles. The zero-order chi connectivity index (χ0) is 13.9. The Hall–Kier alpha value is -0.570. The molecule has 0 aromatic carbocycles. The number of nitrogens with zero attached hydrogens (tertiary/aromatic N) is 1. The summed E-state index contributed by atoms with van der Waals surface area (Å²) in [5, 5.41) is 9.05. The summed E-state index contributed by atoms with van der Waals surface area (Å²) in [7, 11) is 0. The first-order valence-corrected chi connectivity index (χ1v) is 7.22. The maximum absolute atomic E-state index is 11.0. The van der Waals surface area contributed by atoms with Gasteiger partial charge in [0.1, 0.15) is 0 Å². The van der Waals surface area contributed by atoms with Gasteiger partial charge >= 0.3 is 5.97 Å². The normalized spacial score (nSPS) is 29.2. The van der Waals surface area contributed by atoms with E-state index in [9.17, 15) is 4.79 Å². The molecule has 3 atom stereocenters. The second kappa shape index (κ2) is 6.05. The summed E-state index contributed by atoms with van der Waals surface area (Å²) < 4.78 is 0. The minimum atomic E-state index is -0.684. The molecule has 0 heterocycles. The molecule has 1 saturated carbocycles. The lowest BCUT2D eigenvalue weighted by Gasteiger charge is -2.44. The Morgan fingerprint density at radius 3 is 2.50 bits per heavy atom. The van der Waals surface area contributed by atoms with E-state index in [-0.39, 0.29) is 5.92 Å². The molecule has 1 fully saturated rings. The first-order chi connectivity index (χ1) is 8.25. The minimum absolute atomic E-state index is 0.273. The van der Waals surface area contributed by atoms with Gasteiger partial charge in [-0.2, -0.15) is 0 Å². The van der Waals surface area contributed by atoms with Gasteiger partial charge in [0.05, 0.1) is 5.92 Å². The van der Waals surface area contributed by atoms with Crippen molar-refractivity contribution in [1.82, 2.24) is 4.90 Å². The van der Waals surface area contributed by atoms with Gasteiger partial charge in [-0.05, 0) is 37.1 Å². The van der Waals surface area contributed by atoms with Crippen molar-refractivity contribution in [1.29, 1.82) is 0 Å². The van der Waals surface area contributed by atoms with Gasteiger partial charge in [-0.25, -0.2) is 0 Å². The molecule has 18 heavy (non-hydrogen) atoms. The maximum Gasteiger partial charge on any atom is 0.307 e. The predicted octanol–water partition coefficient (Wildman–Crippen LogP) is 3.24. The third-order valence-electron chi connectivity index (χ3n) is 4.22. The van der Waals surface area contributed by atoms with E-state index < -0.39 is 5.97 Å². The number of carbonyl (C=O) groups is 1. The quantitative estimate of drug-likeness (QED) is 0.820. The molecule has 3 unspecified atom stereocenters. The number of hydrogen-bond donors (Lipinski definition) is 1. The molecule has 0 spiro atoms. The number of carboxylic acid groups (broad SMARTS) is 1. The van der Waals surface area contributed by atoms with Crippen LogP contribution in [-0.2, 0) is 4.79 Å². The summed E-state index contributed by atoms with van der Waals surface area (Å²) in [6.07, 6.45) is 3.69. The number of hydrogen-bond acceptors (Lipinski definition) is 2. The van der Waals surface area contributed by atoms with Gasteiger partial charge in [0.2, 0.25) is 0 Å². The summed E-state index contributed by atoms with van der Waals surface area (Å²) in [4.78, 5) is 13.4. The highest BCUT2D eigenvalue weighted by Gasteiger charge is 2.35. The number of rotatable bonds is 5. The summed E-state index contributed by atoms with van der Waals surface area (Å²) in [5.74, 6) is -0.213. The fourth-order valence-corrected chi connectivity index (χ4v) is 3.54. The molecule has 3 heteroatoms. The molecule has 0 amide bonds. The Labute approximate surface area is 112 Å². The van der Waals surface area contributed by atoms with Crippen molar-refractivity contribution in [3.63, 3.8) is 0 Å². The highest BCUT2D eigenvalue weighted by atomic mass is 16.4. The van der Waals surface area contributed by atoms with Crippen LogP contribution in [0.25, 0.3) is 0 Å². The van der Waals surface area contributed by atoms with Crippen molar-refractivity contribution >= 4 is 5.97 Å². The van der Waals surface area contributed by atoms with Crippen molar-refractivity contribution in [2.45, 2.75) is 59.9 Å². The lowest BCUT2D eigenvalue weighted by atomic mass is 9.70. The molecular weight excluding hydrogens is 226 g/mol. The largest absolute Gasteiger partial charge is 0.481 e. The van der Waals surface area contributed by atoms with Gasteiger partial charge in [-0.1, -0.05) is 34.6 Å². The van der Waals surface area contributed by atoms with Gasteiger partial charge in [0.25, 0.3) is 0 Å². The summed E-state index contributed by atoms with van der Waals surface area (Å²) in [6.45, 7) is 12.6. The van der Waals surface area contributed by atoms with Crippen LogP contribution >= 0.6 is 0 Å². The minimum Gasteiger partial charge on any atom is -0.481 e. The van der Waals surface area contributed by atoms with E-state index in [4.69, 9.17) is 5.11 Å². The summed E-state index contributed by atoms with van der Waals surface area (Å²) >= 11 is 0. The topological polar surface area (TPSA) is 40.5 Å². The lowest BCUT2D eigenvalue weighted by Crippen LogP contribution is -2.45. The third-order valence-corrected chi connectivity index (χ3v) is 4.22. The first kappa shape index (κ1) is 15.5. The smallest absolute Gasteiger partial charge is 0.307 e. The van der Waals surface area contributed by atoms with E-state index in [2.05, 4.69) is 32.6 Å². The highest BCUT2D eigenvalue weighted by Crippen LogP contribution is 2.40. The Morgan fingerprint density at radius 2 is 2.06 bits per heavy atom. The molecule has 0 aromatic rings. The van der Waals surface area contributed by atoms with E-state index in [1.54, 1.807) is 0 Å².